The van der Waals surface area contributed by atoms with Gasteiger partial charge in [-0.2, -0.15) is 0 Å². The second-order valence-corrected chi connectivity index (χ2v) is 6.97. The molecule has 22 heavy (non-hydrogen) atoms. The Morgan fingerprint density at radius 1 is 1.36 bits per heavy atom. The van der Waals surface area contributed by atoms with E-state index < -0.39 is 0 Å². The molecule has 5 heteroatoms. The molecule has 1 amide bonds. The Bertz CT molecular complexity index is 512. The van der Waals surface area contributed by atoms with Gasteiger partial charge in [0.05, 0.1) is 25.2 Å². The molecule has 3 fully saturated rings. The average Bonchev–Trinajstić information content (AvgIpc) is 3.12. The molecule has 1 aromatic heterocycles. The fourth-order valence-electron chi connectivity index (χ4n) is 3.85. The van der Waals surface area contributed by atoms with Crippen LogP contribution in [0.5, 0.6) is 0 Å². The molecular weight excluding hydrogens is 280 g/mol. The van der Waals surface area contributed by atoms with Crippen molar-refractivity contribution < 1.29 is 13.9 Å². The summed E-state index contributed by atoms with van der Waals surface area (Å²) >= 11 is 0. The van der Waals surface area contributed by atoms with Crippen molar-refractivity contribution in [3.63, 3.8) is 0 Å². The number of rotatable bonds is 5. The van der Waals surface area contributed by atoms with Crippen LogP contribution >= 0.6 is 0 Å². The SMILES string of the molecule is O=C(NC[C@@H]1OC[C@@H]2CN(Cc3ccoc3)CC[C@@H]21)C1CC1. The van der Waals surface area contributed by atoms with Crippen LogP contribution in [0.1, 0.15) is 24.8 Å². The van der Waals surface area contributed by atoms with Crippen molar-refractivity contribution in [2.24, 2.45) is 17.8 Å². The lowest BCUT2D eigenvalue weighted by Crippen LogP contribution is -2.43. The summed E-state index contributed by atoms with van der Waals surface area (Å²) in [6.07, 6.45) is 7.06. The standard InChI is InChI=1S/C17H24N2O3/c20-17(13-1-2-13)18-7-16-15-3-5-19(9-14(15)11-22-16)8-12-4-6-21-10-12/h4,6,10,13-16H,1-3,5,7-9,11H2,(H,18,20)/t14-,15-,16-/m0/s1. The number of nitrogens with zero attached hydrogens (tertiary/aromatic N) is 1. The number of furan rings is 1. The van der Waals surface area contributed by atoms with E-state index in [1.165, 1.54) is 5.56 Å². The van der Waals surface area contributed by atoms with E-state index in [0.29, 0.717) is 18.4 Å². The minimum atomic E-state index is 0.212. The van der Waals surface area contributed by atoms with Crippen molar-refractivity contribution in [1.82, 2.24) is 10.2 Å². The van der Waals surface area contributed by atoms with E-state index in [2.05, 4.69) is 10.2 Å². The summed E-state index contributed by atoms with van der Waals surface area (Å²) in [6.45, 7) is 4.67. The van der Waals surface area contributed by atoms with E-state index in [-0.39, 0.29) is 17.9 Å². The van der Waals surface area contributed by atoms with Crippen LogP contribution in [0.3, 0.4) is 0 Å². The van der Waals surface area contributed by atoms with Crippen molar-refractivity contribution in [2.45, 2.75) is 31.9 Å². The van der Waals surface area contributed by atoms with Crippen LogP contribution in [-0.2, 0) is 16.1 Å². The molecule has 4 rings (SSSR count). The highest BCUT2D eigenvalue weighted by Gasteiger charge is 2.41. The molecule has 3 atom stereocenters. The minimum Gasteiger partial charge on any atom is -0.472 e. The van der Waals surface area contributed by atoms with Crippen molar-refractivity contribution >= 4 is 5.91 Å². The molecule has 1 N–H and O–H groups in total. The maximum Gasteiger partial charge on any atom is 0.223 e. The lowest BCUT2D eigenvalue weighted by Gasteiger charge is -2.35. The molecule has 0 radical (unpaired) electrons. The fraction of sp³-hybridized carbons (Fsp3) is 0.706. The van der Waals surface area contributed by atoms with Crippen molar-refractivity contribution in [2.75, 3.05) is 26.2 Å². The van der Waals surface area contributed by atoms with E-state index >= 15 is 0 Å². The number of amides is 1. The number of carbonyl (C=O) groups excluding carboxylic acids is 1. The number of carbonyl (C=O) groups is 1. The molecule has 120 valence electrons. The van der Waals surface area contributed by atoms with Gasteiger partial charge in [-0.1, -0.05) is 0 Å². The lowest BCUT2D eigenvalue weighted by molar-refractivity contribution is -0.122. The third kappa shape index (κ3) is 3.06. The number of ether oxygens (including phenoxy) is 1. The van der Waals surface area contributed by atoms with Gasteiger partial charge in [0, 0.05) is 37.0 Å². The molecule has 0 bridgehead atoms. The molecule has 2 aliphatic heterocycles. The molecule has 0 aromatic carbocycles. The van der Waals surface area contributed by atoms with Gasteiger partial charge >= 0.3 is 0 Å². The summed E-state index contributed by atoms with van der Waals surface area (Å²) in [4.78, 5) is 14.3. The Morgan fingerprint density at radius 2 is 2.27 bits per heavy atom. The first-order valence-corrected chi connectivity index (χ1v) is 8.42. The fourth-order valence-corrected chi connectivity index (χ4v) is 3.85. The first-order valence-electron chi connectivity index (χ1n) is 8.42. The monoisotopic (exact) mass is 304 g/mol. The van der Waals surface area contributed by atoms with E-state index in [4.69, 9.17) is 9.15 Å². The summed E-state index contributed by atoms with van der Waals surface area (Å²) in [5.74, 6) is 1.71. The van der Waals surface area contributed by atoms with Gasteiger partial charge < -0.3 is 14.5 Å². The largest absolute Gasteiger partial charge is 0.472 e. The Labute approximate surface area is 131 Å². The summed E-state index contributed by atoms with van der Waals surface area (Å²) in [6, 6.07) is 2.04. The summed E-state index contributed by atoms with van der Waals surface area (Å²) in [7, 11) is 0. The molecule has 3 heterocycles. The number of hydrogen-bond acceptors (Lipinski definition) is 4. The van der Waals surface area contributed by atoms with E-state index in [1.54, 1.807) is 6.26 Å². The molecular formula is C17H24N2O3. The van der Waals surface area contributed by atoms with Gasteiger partial charge in [-0.05, 0) is 37.8 Å². The highest BCUT2D eigenvalue weighted by molar-refractivity contribution is 5.80. The van der Waals surface area contributed by atoms with E-state index in [1.807, 2.05) is 12.3 Å². The smallest absolute Gasteiger partial charge is 0.223 e. The van der Waals surface area contributed by atoms with Gasteiger partial charge in [0.1, 0.15) is 0 Å². The maximum absolute atomic E-state index is 11.8. The first kappa shape index (κ1) is 14.3. The number of piperidine rings is 1. The first-order chi connectivity index (χ1) is 10.8. The number of likely N-dealkylation sites (tertiary alicyclic amines) is 1. The van der Waals surface area contributed by atoms with Crippen LogP contribution in [0.25, 0.3) is 0 Å². The topological polar surface area (TPSA) is 54.7 Å². The lowest BCUT2D eigenvalue weighted by atomic mass is 9.84. The third-order valence-electron chi connectivity index (χ3n) is 5.29. The van der Waals surface area contributed by atoms with Crippen molar-refractivity contribution in [1.29, 1.82) is 0 Å². The van der Waals surface area contributed by atoms with Gasteiger partial charge in [0.15, 0.2) is 0 Å². The molecule has 1 aromatic rings. The van der Waals surface area contributed by atoms with Gasteiger partial charge in [-0.3, -0.25) is 9.69 Å². The number of nitrogens with one attached hydrogen (secondary N) is 1. The van der Waals surface area contributed by atoms with Gasteiger partial charge in [-0.15, -0.1) is 0 Å². The summed E-state index contributed by atoms with van der Waals surface area (Å²) < 4.78 is 11.1. The Morgan fingerprint density at radius 3 is 3.05 bits per heavy atom. The van der Waals surface area contributed by atoms with Crippen molar-refractivity contribution in [3.05, 3.63) is 24.2 Å². The van der Waals surface area contributed by atoms with Gasteiger partial charge in [0.2, 0.25) is 5.91 Å². The Balaban J connectivity index is 1.27. The second kappa shape index (κ2) is 6.05. The van der Waals surface area contributed by atoms with Gasteiger partial charge in [0.25, 0.3) is 0 Å². The summed E-state index contributed by atoms with van der Waals surface area (Å²) in [5.41, 5.74) is 1.24. The number of fused-ring (bicyclic) bond motifs is 1. The predicted octanol–water partition coefficient (Wildman–Crippen LogP) is 1.64. The number of hydrogen-bond donors (Lipinski definition) is 1. The van der Waals surface area contributed by atoms with E-state index in [9.17, 15) is 4.79 Å². The molecule has 3 aliphatic rings. The van der Waals surface area contributed by atoms with Crippen LogP contribution in [-0.4, -0.2) is 43.2 Å². The van der Waals surface area contributed by atoms with Crippen LogP contribution in [0, 0.1) is 17.8 Å². The van der Waals surface area contributed by atoms with Crippen LogP contribution in [0.2, 0.25) is 0 Å². The Kier molecular flexibility index (Phi) is 3.92. The predicted molar refractivity (Wildman–Crippen MR) is 81.1 cm³/mol. The Hall–Kier alpha value is -1.33. The summed E-state index contributed by atoms with van der Waals surface area (Å²) in [5, 5.41) is 3.08. The third-order valence-corrected chi connectivity index (χ3v) is 5.29. The van der Waals surface area contributed by atoms with Crippen LogP contribution in [0.15, 0.2) is 23.0 Å². The molecule has 2 saturated heterocycles. The van der Waals surface area contributed by atoms with Crippen LogP contribution < -0.4 is 5.32 Å². The molecule has 1 aliphatic carbocycles. The molecule has 1 saturated carbocycles. The molecule has 0 unspecified atom stereocenters. The molecule has 0 spiro atoms. The van der Waals surface area contributed by atoms with E-state index in [0.717, 1.165) is 45.5 Å². The molecule has 5 nitrogen and oxygen atoms in total. The maximum atomic E-state index is 11.8. The normalized spacial score (nSPS) is 31.9. The quantitative estimate of drug-likeness (QED) is 0.898. The van der Waals surface area contributed by atoms with Crippen molar-refractivity contribution in [3.8, 4) is 0 Å². The zero-order chi connectivity index (χ0) is 14.9. The zero-order valence-corrected chi connectivity index (χ0v) is 12.9. The van der Waals surface area contributed by atoms with Crippen LogP contribution in [0.4, 0.5) is 0 Å². The highest BCUT2D eigenvalue weighted by Crippen LogP contribution is 2.35. The minimum absolute atomic E-state index is 0.212. The highest BCUT2D eigenvalue weighted by atomic mass is 16.5. The average molecular weight is 304 g/mol. The zero-order valence-electron chi connectivity index (χ0n) is 12.9. The van der Waals surface area contributed by atoms with Gasteiger partial charge in [-0.25, -0.2) is 0 Å². The second-order valence-electron chi connectivity index (χ2n) is 6.97.